The predicted molar refractivity (Wildman–Crippen MR) is 73.6 cm³/mol. The Bertz CT molecular complexity index is 508. The fourth-order valence-electron chi connectivity index (χ4n) is 2.70. The number of ether oxygens (including phenoxy) is 1. The van der Waals surface area contributed by atoms with E-state index in [0.717, 1.165) is 17.5 Å². The van der Waals surface area contributed by atoms with Crippen LogP contribution in [0.5, 0.6) is 0 Å². The molecule has 0 aromatic heterocycles. The van der Waals surface area contributed by atoms with Crippen LogP contribution in [0, 0.1) is 30.6 Å². The van der Waals surface area contributed by atoms with Gasteiger partial charge in [-0.15, -0.1) is 0 Å². The van der Waals surface area contributed by atoms with Gasteiger partial charge in [0.15, 0.2) is 0 Å². The first-order valence-electron chi connectivity index (χ1n) is 6.72. The second kappa shape index (κ2) is 4.96. The zero-order chi connectivity index (χ0) is 14.1. The molecule has 0 amide bonds. The SMILES string of the molecule is Cc1ccc(C(C)(O)C2(C#N)CCCOC2)cc1C. The van der Waals surface area contributed by atoms with Gasteiger partial charge in [-0.1, -0.05) is 18.2 Å². The Kier molecular flexibility index (Phi) is 3.66. The molecule has 1 aliphatic heterocycles. The molecule has 1 saturated heterocycles. The minimum atomic E-state index is -1.19. The van der Waals surface area contributed by atoms with Gasteiger partial charge in [-0.25, -0.2) is 0 Å². The lowest BCUT2D eigenvalue weighted by molar-refractivity contribution is -0.113. The molecule has 1 aromatic rings. The van der Waals surface area contributed by atoms with E-state index in [1.54, 1.807) is 6.92 Å². The van der Waals surface area contributed by atoms with E-state index in [9.17, 15) is 10.4 Å². The molecule has 2 atom stereocenters. The fraction of sp³-hybridized carbons (Fsp3) is 0.562. The van der Waals surface area contributed by atoms with Gasteiger partial charge in [-0.2, -0.15) is 5.26 Å². The Morgan fingerprint density at radius 1 is 1.37 bits per heavy atom. The topological polar surface area (TPSA) is 53.2 Å². The summed E-state index contributed by atoms with van der Waals surface area (Å²) in [7, 11) is 0. The van der Waals surface area contributed by atoms with Crippen molar-refractivity contribution in [1.82, 2.24) is 0 Å². The highest BCUT2D eigenvalue weighted by atomic mass is 16.5. The van der Waals surface area contributed by atoms with Gasteiger partial charge in [0.1, 0.15) is 11.0 Å². The standard InChI is InChI=1S/C16H21NO2/c1-12-5-6-14(9-13(12)2)15(3,18)16(10-17)7-4-8-19-11-16/h5-6,9,18H,4,7-8,11H2,1-3H3. The molecule has 1 fully saturated rings. The molecule has 2 rings (SSSR count). The van der Waals surface area contributed by atoms with Crippen LogP contribution in [-0.2, 0) is 10.3 Å². The van der Waals surface area contributed by atoms with Gasteiger partial charge >= 0.3 is 0 Å². The zero-order valence-electron chi connectivity index (χ0n) is 11.9. The molecular weight excluding hydrogens is 238 g/mol. The molecule has 0 saturated carbocycles. The minimum Gasteiger partial charge on any atom is -0.384 e. The van der Waals surface area contributed by atoms with Crippen LogP contribution in [0.1, 0.15) is 36.5 Å². The summed E-state index contributed by atoms with van der Waals surface area (Å²) >= 11 is 0. The summed E-state index contributed by atoms with van der Waals surface area (Å²) in [5, 5.41) is 20.5. The van der Waals surface area contributed by atoms with Gasteiger partial charge < -0.3 is 9.84 Å². The summed E-state index contributed by atoms with van der Waals surface area (Å²) in [4.78, 5) is 0. The van der Waals surface area contributed by atoms with E-state index in [1.807, 2.05) is 32.0 Å². The van der Waals surface area contributed by atoms with Crippen LogP contribution < -0.4 is 0 Å². The first-order valence-corrected chi connectivity index (χ1v) is 6.72. The summed E-state index contributed by atoms with van der Waals surface area (Å²) in [5.41, 5.74) is 1.06. The largest absolute Gasteiger partial charge is 0.384 e. The van der Waals surface area contributed by atoms with Gasteiger partial charge in [-0.05, 0) is 50.3 Å². The van der Waals surface area contributed by atoms with Gasteiger partial charge in [0.25, 0.3) is 0 Å². The molecular formula is C16H21NO2. The van der Waals surface area contributed by atoms with Gasteiger partial charge in [-0.3, -0.25) is 0 Å². The van der Waals surface area contributed by atoms with Gasteiger partial charge in [0.05, 0.1) is 12.7 Å². The molecule has 1 aromatic carbocycles. The second-order valence-electron chi connectivity index (χ2n) is 5.72. The van der Waals surface area contributed by atoms with Crippen LogP contribution in [0.2, 0.25) is 0 Å². The Morgan fingerprint density at radius 2 is 2.11 bits per heavy atom. The van der Waals surface area contributed by atoms with E-state index < -0.39 is 11.0 Å². The lowest BCUT2D eigenvalue weighted by atomic mass is 9.67. The van der Waals surface area contributed by atoms with Crippen LogP contribution in [0.3, 0.4) is 0 Å². The Balaban J connectivity index is 2.45. The lowest BCUT2D eigenvalue weighted by Gasteiger charge is -2.42. The van der Waals surface area contributed by atoms with Gasteiger partial charge in [0, 0.05) is 6.61 Å². The lowest BCUT2D eigenvalue weighted by Crippen LogP contribution is -2.48. The number of hydrogen-bond donors (Lipinski definition) is 1. The number of aliphatic hydroxyl groups is 1. The number of nitriles is 1. The van der Waals surface area contributed by atoms with Crippen molar-refractivity contribution in [1.29, 1.82) is 5.26 Å². The van der Waals surface area contributed by atoms with E-state index >= 15 is 0 Å². The van der Waals surface area contributed by atoms with Crippen molar-refractivity contribution in [2.45, 2.75) is 39.2 Å². The van der Waals surface area contributed by atoms with Crippen LogP contribution >= 0.6 is 0 Å². The Hall–Kier alpha value is -1.37. The molecule has 102 valence electrons. The van der Waals surface area contributed by atoms with Crippen LogP contribution in [0.15, 0.2) is 18.2 Å². The number of aryl methyl sites for hydroxylation is 2. The first-order chi connectivity index (χ1) is 8.93. The van der Waals surface area contributed by atoms with Crippen molar-refractivity contribution in [2.24, 2.45) is 5.41 Å². The smallest absolute Gasteiger partial charge is 0.113 e. The zero-order valence-corrected chi connectivity index (χ0v) is 11.9. The molecule has 1 N–H and O–H groups in total. The molecule has 0 aliphatic carbocycles. The molecule has 3 nitrogen and oxygen atoms in total. The molecule has 1 heterocycles. The van der Waals surface area contributed by atoms with Crippen molar-refractivity contribution >= 4 is 0 Å². The monoisotopic (exact) mass is 259 g/mol. The molecule has 19 heavy (non-hydrogen) atoms. The van der Waals surface area contributed by atoms with E-state index in [1.165, 1.54) is 5.56 Å². The third kappa shape index (κ3) is 2.27. The van der Waals surface area contributed by atoms with E-state index in [0.29, 0.717) is 19.6 Å². The van der Waals surface area contributed by atoms with Crippen LogP contribution in [0.4, 0.5) is 0 Å². The highest BCUT2D eigenvalue weighted by Gasteiger charge is 2.50. The third-order valence-corrected chi connectivity index (χ3v) is 4.46. The summed E-state index contributed by atoms with van der Waals surface area (Å²) < 4.78 is 5.46. The first kappa shape index (κ1) is 14.0. The summed E-state index contributed by atoms with van der Waals surface area (Å²) in [6.07, 6.45) is 1.48. The van der Waals surface area contributed by atoms with Crippen molar-refractivity contribution < 1.29 is 9.84 Å². The minimum absolute atomic E-state index is 0.295. The number of rotatable bonds is 2. The summed E-state index contributed by atoms with van der Waals surface area (Å²) in [5.74, 6) is 0. The molecule has 0 bridgehead atoms. The number of nitrogens with zero attached hydrogens (tertiary/aromatic N) is 1. The average Bonchev–Trinajstić information content (AvgIpc) is 2.42. The van der Waals surface area contributed by atoms with Crippen molar-refractivity contribution in [2.75, 3.05) is 13.2 Å². The second-order valence-corrected chi connectivity index (χ2v) is 5.72. The maximum Gasteiger partial charge on any atom is 0.113 e. The van der Waals surface area contributed by atoms with E-state index in [2.05, 4.69) is 6.07 Å². The predicted octanol–water partition coefficient (Wildman–Crippen LogP) is 2.83. The third-order valence-electron chi connectivity index (χ3n) is 4.46. The van der Waals surface area contributed by atoms with Crippen LogP contribution in [0.25, 0.3) is 0 Å². The molecule has 0 spiro atoms. The average molecular weight is 259 g/mol. The van der Waals surface area contributed by atoms with Crippen LogP contribution in [-0.4, -0.2) is 18.3 Å². The fourth-order valence-corrected chi connectivity index (χ4v) is 2.70. The quantitative estimate of drug-likeness (QED) is 0.888. The molecule has 3 heteroatoms. The number of hydrogen-bond acceptors (Lipinski definition) is 3. The summed E-state index contributed by atoms with van der Waals surface area (Å²) in [6, 6.07) is 8.20. The van der Waals surface area contributed by atoms with Crippen molar-refractivity contribution in [3.05, 3.63) is 34.9 Å². The number of benzene rings is 1. The Labute approximate surface area is 114 Å². The molecule has 2 unspecified atom stereocenters. The normalized spacial score (nSPS) is 26.5. The van der Waals surface area contributed by atoms with Crippen molar-refractivity contribution in [3.63, 3.8) is 0 Å². The summed E-state index contributed by atoms with van der Waals surface area (Å²) in [6.45, 7) is 6.76. The molecule has 1 aliphatic rings. The Morgan fingerprint density at radius 3 is 2.63 bits per heavy atom. The maximum atomic E-state index is 11.0. The van der Waals surface area contributed by atoms with E-state index in [-0.39, 0.29) is 0 Å². The highest BCUT2D eigenvalue weighted by molar-refractivity contribution is 5.36. The highest BCUT2D eigenvalue weighted by Crippen LogP contribution is 2.45. The maximum absolute atomic E-state index is 11.0. The van der Waals surface area contributed by atoms with E-state index in [4.69, 9.17) is 4.74 Å². The van der Waals surface area contributed by atoms with Crippen molar-refractivity contribution in [3.8, 4) is 6.07 Å². The van der Waals surface area contributed by atoms with Gasteiger partial charge in [0.2, 0.25) is 0 Å². The molecule has 0 radical (unpaired) electrons.